The summed E-state index contributed by atoms with van der Waals surface area (Å²) in [7, 11) is 0. The first kappa shape index (κ1) is 13.2. The Labute approximate surface area is 99.6 Å². The monoisotopic (exact) mass is 220 g/mol. The van der Waals surface area contributed by atoms with Crippen molar-refractivity contribution in [2.24, 2.45) is 5.41 Å². The number of ketones is 1. The summed E-state index contributed by atoms with van der Waals surface area (Å²) in [6.07, 6.45) is 9.03. The third kappa shape index (κ3) is 4.34. The molecule has 1 nitrogen and oxygen atoms in total. The van der Waals surface area contributed by atoms with Gasteiger partial charge in [-0.25, -0.2) is 0 Å². The van der Waals surface area contributed by atoms with Gasteiger partial charge in [0.2, 0.25) is 0 Å². The normalized spacial score (nSPS) is 22.0. The van der Waals surface area contributed by atoms with Gasteiger partial charge in [-0.2, -0.15) is 0 Å². The average molecular weight is 220 g/mol. The second-order valence-corrected chi connectivity index (χ2v) is 5.80. The maximum Gasteiger partial charge on any atom is 0.155 e. The minimum atomic E-state index is 0.290. The van der Waals surface area contributed by atoms with Crippen molar-refractivity contribution >= 4 is 5.78 Å². The molecule has 0 radical (unpaired) electrons. The van der Waals surface area contributed by atoms with E-state index in [1.165, 1.54) is 11.1 Å². The summed E-state index contributed by atoms with van der Waals surface area (Å²) >= 11 is 0. The highest BCUT2D eigenvalue weighted by molar-refractivity contribution is 5.90. The van der Waals surface area contributed by atoms with E-state index in [1.54, 1.807) is 0 Å². The summed E-state index contributed by atoms with van der Waals surface area (Å²) in [5.74, 6) is 0.290. The van der Waals surface area contributed by atoms with Gasteiger partial charge in [-0.3, -0.25) is 4.79 Å². The van der Waals surface area contributed by atoms with E-state index in [9.17, 15) is 4.79 Å². The van der Waals surface area contributed by atoms with E-state index in [4.69, 9.17) is 0 Å². The third-order valence-electron chi connectivity index (χ3n) is 2.99. The lowest BCUT2D eigenvalue weighted by atomic mass is 9.75. The largest absolute Gasteiger partial charge is 0.295 e. The maximum atomic E-state index is 11.7. The van der Waals surface area contributed by atoms with Gasteiger partial charge in [0.05, 0.1) is 0 Å². The van der Waals surface area contributed by atoms with Crippen LogP contribution in [-0.4, -0.2) is 5.78 Å². The first-order valence-corrected chi connectivity index (χ1v) is 6.33. The smallest absolute Gasteiger partial charge is 0.155 e. The number of hydrogen-bond acceptors (Lipinski definition) is 1. The molecule has 0 spiro atoms. The molecule has 1 rings (SSSR count). The summed E-state index contributed by atoms with van der Waals surface area (Å²) in [6, 6.07) is 0. The predicted octanol–water partition coefficient (Wildman–Crippen LogP) is 4.44. The second kappa shape index (κ2) is 5.47. The molecule has 0 fully saturated rings. The van der Waals surface area contributed by atoms with E-state index in [1.807, 2.05) is 6.08 Å². The van der Waals surface area contributed by atoms with Gasteiger partial charge in [0.1, 0.15) is 0 Å². The molecular formula is C15H24O. The molecule has 1 aliphatic carbocycles. The number of allylic oxidation sites excluding steroid dienone is 4. The summed E-state index contributed by atoms with van der Waals surface area (Å²) in [6.45, 7) is 8.82. The Kier molecular flexibility index (Phi) is 4.52. The van der Waals surface area contributed by atoms with Crippen molar-refractivity contribution in [3.63, 3.8) is 0 Å². The highest BCUT2D eigenvalue weighted by atomic mass is 16.1. The molecule has 1 heteroatoms. The standard InChI is InChI=1S/C15H24O/c1-5-6-7-14(16)9-13-8-12(2)10-15(3,4)11-13/h8-9H,5-7,10-11H2,1-4H3. The third-order valence-corrected chi connectivity index (χ3v) is 2.99. The Morgan fingerprint density at radius 1 is 1.44 bits per heavy atom. The molecule has 0 heterocycles. The molecule has 0 aromatic rings. The van der Waals surface area contributed by atoms with Gasteiger partial charge >= 0.3 is 0 Å². The van der Waals surface area contributed by atoms with Gasteiger partial charge < -0.3 is 0 Å². The molecule has 16 heavy (non-hydrogen) atoms. The van der Waals surface area contributed by atoms with Crippen molar-refractivity contribution in [1.29, 1.82) is 0 Å². The SMILES string of the molecule is CCCCC(=O)C=C1C=C(C)CC(C)(C)C1. The van der Waals surface area contributed by atoms with Crippen LogP contribution in [0.2, 0.25) is 0 Å². The molecule has 0 aromatic heterocycles. The van der Waals surface area contributed by atoms with Crippen LogP contribution in [0.25, 0.3) is 0 Å². The number of hydrogen-bond donors (Lipinski definition) is 0. The molecule has 0 bridgehead atoms. The summed E-state index contributed by atoms with van der Waals surface area (Å²) in [5, 5.41) is 0. The van der Waals surface area contributed by atoms with E-state index in [0.29, 0.717) is 17.6 Å². The first-order valence-electron chi connectivity index (χ1n) is 6.33. The van der Waals surface area contributed by atoms with Crippen LogP contribution in [0.4, 0.5) is 0 Å². The first-order chi connectivity index (χ1) is 7.43. The van der Waals surface area contributed by atoms with Gasteiger partial charge in [-0.05, 0) is 43.3 Å². The molecule has 0 unspecified atom stereocenters. The van der Waals surface area contributed by atoms with E-state index in [-0.39, 0.29) is 0 Å². The van der Waals surface area contributed by atoms with Crippen molar-refractivity contribution in [2.75, 3.05) is 0 Å². The molecule has 0 aliphatic heterocycles. The van der Waals surface area contributed by atoms with Gasteiger partial charge in [-0.1, -0.05) is 38.8 Å². The molecule has 0 N–H and O–H groups in total. The topological polar surface area (TPSA) is 17.1 Å². The Morgan fingerprint density at radius 3 is 2.69 bits per heavy atom. The van der Waals surface area contributed by atoms with Crippen molar-refractivity contribution in [3.8, 4) is 0 Å². The van der Waals surface area contributed by atoms with Crippen LogP contribution in [0.3, 0.4) is 0 Å². The lowest BCUT2D eigenvalue weighted by molar-refractivity contribution is -0.114. The van der Waals surface area contributed by atoms with E-state index >= 15 is 0 Å². The van der Waals surface area contributed by atoms with Crippen molar-refractivity contribution in [1.82, 2.24) is 0 Å². The van der Waals surface area contributed by atoms with Gasteiger partial charge in [-0.15, -0.1) is 0 Å². The Balaban J connectivity index is 2.69. The molecule has 0 aromatic carbocycles. The van der Waals surface area contributed by atoms with Crippen LogP contribution in [0.5, 0.6) is 0 Å². The lowest BCUT2D eigenvalue weighted by Crippen LogP contribution is -2.16. The Hall–Kier alpha value is -0.850. The zero-order valence-corrected chi connectivity index (χ0v) is 11.1. The van der Waals surface area contributed by atoms with E-state index in [2.05, 4.69) is 33.8 Å². The quantitative estimate of drug-likeness (QED) is 0.640. The molecule has 0 amide bonds. The zero-order chi connectivity index (χ0) is 12.2. The Bertz CT molecular complexity index is 318. The van der Waals surface area contributed by atoms with E-state index in [0.717, 1.165) is 25.7 Å². The molecule has 1 aliphatic rings. The molecule has 0 saturated carbocycles. The van der Waals surface area contributed by atoms with E-state index < -0.39 is 0 Å². The average Bonchev–Trinajstić information content (AvgIpc) is 2.11. The fraction of sp³-hybridized carbons (Fsp3) is 0.667. The predicted molar refractivity (Wildman–Crippen MR) is 69.4 cm³/mol. The van der Waals surface area contributed by atoms with Crippen LogP contribution in [0.15, 0.2) is 23.3 Å². The van der Waals surface area contributed by atoms with Crippen LogP contribution in [0.1, 0.15) is 59.8 Å². The molecule has 0 saturated heterocycles. The van der Waals surface area contributed by atoms with Crippen molar-refractivity contribution < 1.29 is 4.79 Å². The lowest BCUT2D eigenvalue weighted by Gasteiger charge is -2.30. The molecule has 0 atom stereocenters. The fourth-order valence-electron chi connectivity index (χ4n) is 2.51. The van der Waals surface area contributed by atoms with Crippen LogP contribution < -0.4 is 0 Å². The molecular weight excluding hydrogens is 196 g/mol. The van der Waals surface area contributed by atoms with Crippen LogP contribution in [-0.2, 0) is 4.79 Å². The minimum Gasteiger partial charge on any atom is -0.295 e. The minimum absolute atomic E-state index is 0.290. The van der Waals surface area contributed by atoms with Crippen LogP contribution in [0, 0.1) is 5.41 Å². The van der Waals surface area contributed by atoms with Gasteiger partial charge in [0, 0.05) is 6.42 Å². The zero-order valence-electron chi connectivity index (χ0n) is 11.1. The summed E-state index contributed by atoms with van der Waals surface area (Å²) < 4.78 is 0. The summed E-state index contributed by atoms with van der Waals surface area (Å²) in [5.41, 5.74) is 2.93. The fourth-order valence-corrected chi connectivity index (χ4v) is 2.51. The number of rotatable bonds is 4. The van der Waals surface area contributed by atoms with Crippen molar-refractivity contribution in [2.45, 2.75) is 59.8 Å². The maximum absolute atomic E-state index is 11.7. The van der Waals surface area contributed by atoms with Gasteiger partial charge in [0.15, 0.2) is 5.78 Å². The highest BCUT2D eigenvalue weighted by Gasteiger charge is 2.23. The highest BCUT2D eigenvalue weighted by Crippen LogP contribution is 2.37. The summed E-state index contributed by atoms with van der Waals surface area (Å²) in [4.78, 5) is 11.7. The Morgan fingerprint density at radius 2 is 2.12 bits per heavy atom. The number of carbonyl (C=O) groups excluding carboxylic acids is 1. The van der Waals surface area contributed by atoms with Gasteiger partial charge in [0.25, 0.3) is 0 Å². The number of carbonyl (C=O) groups is 1. The molecule has 90 valence electrons. The number of unbranched alkanes of at least 4 members (excludes halogenated alkanes) is 1. The van der Waals surface area contributed by atoms with Crippen molar-refractivity contribution in [3.05, 3.63) is 23.3 Å². The van der Waals surface area contributed by atoms with Crippen LogP contribution >= 0.6 is 0 Å². The second-order valence-electron chi connectivity index (χ2n) is 5.80.